The Bertz CT molecular complexity index is 1080. The molecule has 8 nitrogen and oxygen atoms in total. The minimum Gasteiger partial charge on any atom is -0.353 e. The van der Waals surface area contributed by atoms with E-state index in [1.165, 1.54) is 4.31 Å². The molecule has 0 N–H and O–H groups in total. The molecular weight excluding hydrogens is 390 g/mol. The Kier molecular flexibility index (Phi) is 4.77. The maximum atomic E-state index is 13.4. The van der Waals surface area contributed by atoms with Crippen molar-refractivity contribution >= 4 is 15.8 Å². The molecule has 1 saturated heterocycles. The summed E-state index contributed by atoms with van der Waals surface area (Å²) in [5.41, 5.74) is 0. The van der Waals surface area contributed by atoms with E-state index in [1.54, 1.807) is 35.5 Å². The van der Waals surface area contributed by atoms with E-state index in [1.807, 2.05) is 4.90 Å². The zero-order valence-electron chi connectivity index (χ0n) is 14.6. The van der Waals surface area contributed by atoms with E-state index in [2.05, 4.69) is 15.1 Å². The number of piperazine rings is 1. The molecule has 0 saturated carbocycles. The molecule has 3 aromatic rings. The van der Waals surface area contributed by atoms with Crippen molar-refractivity contribution < 1.29 is 17.2 Å². The summed E-state index contributed by atoms with van der Waals surface area (Å²) in [5, 5.41) is 4.11. The van der Waals surface area contributed by atoms with Crippen LogP contribution in [0, 0.1) is 11.6 Å². The summed E-state index contributed by atoms with van der Waals surface area (Å²) in [6.07, 6.45) is 6.57. The van der Waals surface area contributed by atoms with Crippen molar-refractivity contribution in [3.05, 3.63) is 60.7 Å². The fourth-order valence-electron chi connectivity index (χ4n) is 2.96. The van der Waals surface area contributed by atoms with E-state index in [9.17, 15) is 17.2 Å². The lowest BCUT2D eigenvalue weighted by Crippen LogP contribution is -2.49. The Labute approximate surface area is 160 Å². The van der Waals surface area contributed by atoms with Crippen molar-refractivity contribution in [1.82, 2.24) is 24.1 Å². The third-order valence-corrected chi connectivity index (χ3v) is 6.33. The van der Waals surface area contributed by atoms with Gasteiger partial charge < -0.3 is 4.90 Å². The van der Waals surface area contributed by atoms with Crippen LogP contribution >= 0.6 is 0 Å². The highest BCUT2D eigenvalue weighted by Gasteiger charge is 2.29. The highest BCUT2D eigenvalue weighted by Crippen LogP contribution is 2.21. The summed E-state index contributed by atoms with van der Waals surface area (Å²) >= 11 is 0. The molecule has 146 valence electrons. The Balaban J connectivity index is 1.49. The van der Waals surface area contributed by atoms with Crippen LogP contribution in [-0.2, 0) is 10.0 Å². The molecule has 0 spiro atoms. The van der Waals surface area contributed by atoms with Crippen LogP contribution < -0.4 is 4.90 Å². The predicted octanol–water partition coefficient (Wildman–Crippen LogP) is 1.45. The van der Waals surface area contributed by atoms with Gasteiger partial charge in [-0.05, 0) is 24.3 Å². The smallest absolute Gasteiger partial charge is 0.243 e. The van der Waals surface area contributed by atoms with Crippen LogP contribution in [-0.4, -0.2) is 58.7 Å². The molecule has 1 aliphatic rings. The first-order chi connectivity index (χ1) is 13.4. The fourth-order valence-corrected chi connectivity index (χ4v) is 4.39. The number of anilines is 1. The van der Waals surface area contributed by atoms with Crippen LogP contribution in [0.15, 0.2) is 53.9 Å². The van der Waals surface area contributed by atoms with Crippen molar-refractivity contribution in [3.63, 3.8) is 0 Å². The molecule has 0 atom stereocenters. The average molecular weight is 406 g/mol. The molecule has 1 aromatic carbocycles. The van der Waals surface area contributed by atoms with E-state index in [0.717, 1.165) is 12.1 Å². The van der Waals surface area contributed by atoms with Crippen LogP contribution in [0.1, 0.15) is 0 Å². The Morgan fingerprint density at radius 1 is 0.964 bits per heavy atom. The highest BCUT2D eigenvalue weighted by atomic mass is 32.2. The SMILES string of the molecule is O=S(=O)(c1ccc(F)c(F)c1)N1CCN(c2cncc(-n3cccn3)n2)CC1. The maximum Gasteiger partial charge on any atom is 0.243 e. The molecular formula is C17H16F2N6O2S. The molecule has 0 unspecified atom stereocenters. The van der Waals surface area contributed by atoms with Crippen LogP contribution in [0.25, 0.3) is 5.82 Å². The number of aromatic nitrogens is 4. The molecule has 4 rings (SSSR count). The van der Waals surface area contributed by atoms with E-state index < -0.39 is 21.7 Å². The van der Waals surface area contributed by atoms with Gasteiger partial charge in [0.05, 0.1) is 17.3 Å². The summed E-state index contributed by atoms with van der Waals surface area (Å²) in [5.74, 6) is -1.11. The van der Waals surface area contributed by atoms with Gasteiger partial charge in [-0.1, -0.05) is 0 Å². The number of benzene rings is 1. The van der Waals surface area contributed by atoms with Crippen molar-refractivity contribution in [2.75, 3.05) is 31.1 Å². The summed E-state index contributed by atoms with van der Waals surface area (Å²) < 4.78 is 54.7. The number of hydrogen-bond acceptors (Lipinski definition) is 6. The van der Waals surface area contributed by atoms with E-state index in [-0.39, 0.29) is 18.0 Å². The van der Waals surface area contributed by atoms with Crippen molar-refractivity contribution in [1.29, 1.82) is 0 Å². The first-order valence-electron chi connectivity index (χ1n) is 8.47. The van der Waals surface area contributed by atoms with Crippen LogP contribution in [0.2, 0.25) is 0 Å². The minimum absolute atomic E-state index is 0.189. The van der Waals surface area contributed by atoms with Crippen molar-refractivity contribution in [2.24, 2.45) is 0 Å². The van der Waals surface area contributed by atoms with Gasteiger partial charge >= 0.3 is 0 Å². The quantitative estimate of drug-likeness (QED) is 0.652. The highest BCUT2D eigenvalue weighted by molar-refractivity contribution is 7.89. The Morgan fingerprint density at radius 2 is 1.71 bits per heavy atom. The normalized spacial score (nSPS) is 15.7. The van der Waals surface area contributed by atoms with Crippen LogP contribution in [0.5, 0.6) is 0 Å². The van der Waals surface area contributed by atoms with E-state index in [4.69, 9.17) is 0 Å². The lowest BCUT2D eigenvalue weighted by molar-refractivity contribution is 0.383. The number of halogens is 2. The lowest BCUT2D eigenvalue weighted by atomic mass is 10.3. The van der Waals surface area contributed by atoms with Gasteiger partial charge in [0.25, 0.3) is 0 Å². The van der Waals surface area contributed by atoms with Gasteiger partial charge in [-0.3, -0.25) is 4.98 Å². The fraction of sp³-hybridized carbons (Fsp3) is 0.235. The third-order valence-electron chi connectivity index (χ3n) is 4.44. The zero-order valence-corrected chi connectivity index (χ0v) is 15.4. The number of sulfonamides is 1. The minimum atomic E-state index is -3.90. The Morgan fingerprint density at radius 3 is 2.39 bits per heavy atom. The molecule has 28 heavy (non-hydrogen) atoms. The van der Waals surface area contributed by atoms with Crippen LogP contribution in [0.4, 0.5) is 14.6 Å². The molecule has 3 heterocycles. The van der Waals surface area contributed by atoms with E-state index in [0.29, 0.717) is 30.8 Å². The standard InChI is InChI=1S/C17H16F2N6O2S/c18-14-3-2-13(10-15(14)19)28(26,27)24-8-6-23(7-9-24)16-11-20-12-17(22-16)25-5-1-4-21-25/h1-5,10-12H,6-9H2. The van der Waals surface area contributed by atoms with Gasteiger partial charge in [-0.25, -0.2) is 26.9 Å². The molecule has 1 aliphatic heterocycles. The van der Waals surface area contributed by atoms with Gasteiger partial charge in [0, 0.05) is 38.6 Å². The van der Waals surface area contributed by atoms with Gasteiger partial charge in [0.1, 0.15) is 5.82 Å². The first kappa shape index (κ1) is 18.4. The summed E-state index contributed by atoms with van der Waals surface area (Å²) in [4.78, 5) is 10.3. The largest absolute Gasteiger partial charge is 0.353 e. The topological polar surface area (TPSA) is 84.2 Å². The molecule has 0 amide bonds. The summed E-state index contributed by atoms with van der Waals surface area (Å²) in [6.45, 7) is 1.16. The van der Waals surface area contributed by atoms with Gasteiger partial charge in [-0.2, -0.15) is 9.40 Å². The number of hydrogen-bond donors (Lipinski definition) is 0. The molecule has 2 aromatic heterocycles. The van der Waals surface area contributed by atoms with E-state index >= 15 is 0 Å². The number of rotatable bonds is 4. The average Bonchev–Trinajstić information content (AvgIpc) is 3.25. The summed E-state index contributed by atoms with van der Waals surface area (Å²) in [7, 11) is -3.90. The van der Waals surface area contributed by atoms with Crippen molar-refractivity contribution in [3.8, 4) is 5.82 Å². The maximum absolute atomic E-state index is 13.4. The first-order valence-corrected chi connectivity index (χ1v) is 9.91. The van der Waals surface area contributed by atoms with Crippen molar-refractivity contribution in [2.45, 2.75) is 4.90 Å². The molecule has 0 aliphatic carbocycles. The van der Waals surface area contributed by atoms with Gasteiger partial charge in [-0.15, -0.1) is 0 Å². The summed E-state index contributed by atoms with van der Waals surface area (Å²) in [6, 6.07) is 4.36. The monoisotopic (exact) mass is 406 g/mol. The second-order valence-corrected chi connectivity index (χ2v) is 8.09. The lowest BCUT2D eigenvalue weighted by Gasteiger charge is -2.34. The number of nitrogens with zero attached hydrogens (tertiary/aromatic N) is 6. The molecule has 0 radical (unpaired) electrons. The molecule has 0 bridgehead atoms. The second-order valence-electron chi connectivity index (χ2n) is 6.15. The second kappa shape index (κ2) is 7.24. The Hall–Kier alpha value is -2.92. The zero-order chi connectivity index (χ0) is 19.7. The van der Waals surface area contributed by atoms with Gasteiger partial charge in [0.2, 0.25) is 10.0 Å². The predicted molar refractivity (Wildman–Crippen MR) is 96.5 cm³/mol. The van der Waals surface area contributed by atoms with Gasteiger partial charge in [0.15, 0.2) is 17.5 Å². The van der Waals surface area contributed by atoms with Crippen LogP contribution in [0.3, 0.4) is 0 Å². The molecule has 1 fully saturated rings. The molecule has 11 heteroatoms. The third kappa shape index (κ3) is 3.45.